The summed E-state index contributed by atoms with van der Waals surface area (Å²) in [5, 5.41) is 11.8. The van der Waals surface area contributed by atoms with E-state index in [-0.39, 0.29) is 0 Å². The minimum Gasteiger partial charge on any atom is -0.508 e. The van der Waals surface area contributed by atoms with Crippen LogP contribution < -0.4 is 5.73 Å². The minimum absolute atomic E-state index is 0.307. The van der Waals surface area contributed by atoms with Gasteiger partial charge in [0, 0.05) is 25.9 Å². The Bertz CT molecular complexity index is 601. The molecule has 0 atom stereocenters. The molecule has 0 saturated carbocycles. The lowest BCUT2D eigenvalue weighted by Gasteiger charge is -1.93. The number of hydrogen-bond acceptors (Lipinski definition) is 3. The summed E-state index contributed by atoms with van der Waals surface area (Å²) in [5.41, 5.74) is 6.51. The molecule has 0 aliphatic heterocycles. The van der Waals surface area contributed by atoms with Crippen molar-refractivity contribution >= 4 is 37.2 Å². The molecule has 2 aromatic carbocycles. The van der Waals surface area contributed by atoms with Gasteiger partial charge in [-0.2, -0.15) is 0 Å². The van der Waals surface area contributed by atoms with Crippen LogP contribution in [0.5, 0.6) is 5.75 Å². The molecule has 3 N–H and O–H groups in total. The molecule has 74 valence electrons. The maximum Gasteiger partial charge on any atom is 0.117 e. The minimum atomic E-state index is 0.307. The highest BCUT2D eigenvalue weighted by Crippen LogP contribution is 2.36. The molecule has 15 heavy (non-hydrogen) atoms. The van der Waals surface area contributed by atoms with Gasteiger partial charge in [-0.3, -0.25) is 0 Å². The second kappa shape index (κ2) is 2.87. The third-order valence-corrected chi connectivity index (χ3v) is 3.60. The number of nitrogens with two attached hydrogens (primary N) is 1. The van der Waals surface area contributed by atoms with E-state index in [1.54, 1.807) is 23.5 Å². The number of anilines is 1. The Morgan fingerprint density at radius 1 is 0.933 bits per heavy atom. The van der Waals surface area contributed by atoms with Gasteiger partial charge in [0.05, 0.1) is 0 Å². The van der Waals surface area contributed by atoms with E-state index in [1.165, 1.54) is 10.8 Å². The van der Waals surface area contributed by atoms with Gasteiger partial charge in [-0.25, -0.2) is 0 Å². The van der Waals surface area contributed by atoms with Gasteiger partial charge in [0.25, 0.3) is 0 Å². The number of aromatic hydroxyl groups is 1. The van der Waals surface area contributed by atoms with Crippen molar-refractivity contribution in [1.29, 1.82) is 0 Å². The zero-order valence-electron chi connectivity index (χ0n) is 7.90. The molecule has 1 heterocycles. The molecule has 3 heteroatoms. The number of nitrogen functional groups attached to an aromatic ring is 1. The average Bonchev–Trinajstić information content (AvgIpc) is 2.53. The molecule has 3 rings (SSSR count). The number of hydrogen-bond donors (Lipinski definition) is 2. The van der Waals surface area contributed by atoms with E-state index >= 15 is 0 Å². The first-order valence-corrected chi connectivity index (χ1v) is 5.46. The van der Waals surface area contributed by atoms with Crippen molar-refractivity contribution in [2.24, 2.45) is 0 Å². The molecule has 2 nitrogen and oxygen atoms in total. The Kier molecular flexibility index (Phi) is 1.64. The first kappa shape index (κ1) is 8.56. The number of rotatable bonds is 0. The van der Waals surface area contributed by atoms with Crippen LogP contribution in [0.3, 0.4) is 0 Å². The first-order valence-electron chi connectivity index (χ1n) is 4.65. The number of phenolic OH excluding ortho intramolecular Hbond substituents is 1. The van der Waals surface area contributed by atoms with Crippen LogP contribution in [0.1, 0.15) is 0 Å². The average molecular weight is 215 g/mol. The monoisotopic (exact) mass is 215 g/mol. The maximum absolute atomic E-state index is 9.39. The van der Waals surface area contributed by atoms with Gasteiger partial charge < -0.3 is 10.8 Å². The van der Waals surface area contributed by atoms with Gasteiger partial charge in [-0.05, 0) is 30.3 Å². The van der Waals surface area contributed by atoms with E-state index in [9.17, 15) is 5.11 Å². The van der Waals surface area contributed by atoms with E-state index in [0.29, 0.717) is 5.75 Å². The molecule has 0 unspecified atom stereocenters. The van der Waals surface area contributed by atoms with Crippen molar-refractivity contribution in [1.82, 2.24) is 0 Å². The summed E-state index contributed by atoms with van der Waals surface area (Å²) >= 11 is 1.65. The molecule has 0 aliphatic rings. The normalized spacial score (nSPS) is 11.2. The fourth-order valence-electron chi connectivity index (χ4n) is 1.78. The van der Waals surface area contributed by atoms with Crippen molar-refractivity contribution in [3.8, 4) is 5.75 Å². The van der Waals surface area contributed by atoms with Crippen LogP contribution in [0.15, 0.2) is 36.4 Å². The van der Waals surface area contributed by atoms with E-state index in [2.05, 4.69) is 0 Å². The van der Waals surface area contributed by atoms with Crippen molar-refractivity contribution in [3.63, 3.8) is 0 Å². The zero-order valence-corrected chi connectivity index (χ0v) is 8.71. The summed E-state index contributed by atoms with van der Waals surface area (Å²) < 4.78 is 2.26. The van der Waals surface area contributed by atoms with Gasteiger partial charge in [0.15, 0.2) is 0 Å². The summed E-state index contributed by atoms with van der Waals surface area (Å²) in [7, 11) is 0. The molecule has 3 aromatic rings. The molecule has 0 radical (unpaired) electrons. The van der Waals surface area contributed by atoms with E-state index in [1.807, 2.05) is 24.3 Å². The number of thiophene rings is 1. The number of benzene rings is 2. The summed E-state index contributed by atoms with van der Waals surface area (Å²) in [6.07, 6.45) is 0. The lowest BCUT2D eigenvalue weighted by atomic mass is 10.1. The van der Waals surface area contributed by atoms with Crippen molar-refractivity contribution in [2.75, 3.05) is 5.73 Å². The second-order valence-corrected chi connectivity index (χ2v) is 4.62. The third-order valence-electron chi connectivity index (χ3n) is 2.48. The lowest BCUT2D eigenvalue weighted by molar-refractivity contribution is 0.476. The van der Waals surface area contributed by atoms with Crippen LogP contribution >= 0.6 is 11.3 Å². The fraction of sp³-hybridized carbons (Fsp3) is 0. The SMILES string of the molecule is Nc1ccc2c(c1)sc1cc(O)ccc12. The topological polar surface area (TPSA) is 46.2 Å². The molecule has 0 fully saturated rings. The smallest absolute Gasteiger partial charge is 0.117 e. The van der Waals surface area contributed by atoms with Crippen LogP contribution in [0, 0.1) is 0 Å². The zero-order chi connectivity index (χ0) is 10.4. The molecule has 0 bridgehead atoms. The lowest BCUT2D eigenvalue weighted by Crippen LogP contribution is -1.80. The summed E-state index contributed by atoms with van der Waals surface area (Å²) in [6, 6.07) is 11.3. The van der Waals surface area contributed by atoms with Crippen molar-refractivity contribution in [3.05, 3.63) is 36.4 Å². The Labute approximate surface area is 90.6 Å². The van der Waals surface area contributed by atoms with Crippen LogP contribution in [0.2, 0.25) is 0 Å². The summed E-state index contributed by atoms with van der Waals surface area (Å²) in [5.74, 6) is 0.307. The second-order valence-electron chi connectivity index (χ2n) is 3.54. The van der Waals surface area contributed by atoms with Crippen molar-refractivity contribution < 1.29 is 5.11 Å². The number of fused-ring (bicyclic) bond motifs is 3. The van der Waals surface area contributed by atoms with Gasteiger partial charge in [-0.15, -0.1) is 11.3 Å². The van der Waals surface area contributed by atoms with Crippen LogP contribution in [0.25, 0.3) is 20.2 Å². The Morgan fingerprint density at radius 3 is 2.40 bits per heavy atom. The summed E-state index contributed by atoms with van der Waals surface area (Å²) in [6.45, 7) is 0. The fourth-order valence-corrected chi connectivity index (χ4v) is 2.97. The molecule has 0 aliphatic carbocycles. The highest BCUT2D eigenvalue weighted by molar-refractivity contribution is 7.25. The van der Waals surface area contributed by atoms with Crippen LogP contribution in [-0.4, -0.2) is 5.11 Å². The highest BCUT2D eigenvalue weighted by atomic mass is 32.1. The molecule has 0 amide bonds. The van der Waals surface area contributed by atoms with Gasteiger partial charge in [0.2, 0.25) is 0 Å². The predicted octanol–water partition coefficient (Wildman–Crippen LogP) is 3.34. The Hall–Kier alpha value is -1.74. The van der Waals surface area contributed by atoms with E-state index in [0.717, 1.165) is 15.1 Å². The number of phenols is 1. The third kappa shape index (κ3) is 1.24. The molecule has 0 saturated heterocycles. The Morgan fingerprint density at radius 2 is 1.60 bits per heavy atom. The Balaban J connectivity index is 2.51. The largest absolute Gasteiger partial charge is 0.508 e. The van der Waals surface area contributed by atoms with Crippen LogP contribution in [0.4, 0.5) is 5.69 Å². The van der Waals surface area contributed by atoms with Gasteiger partial charge in [0.1, 0.15) is 5.75 Å². The molecular formula is C12H9NOS. The maximum atomic E-state index is 9.39. The van der Waals surface area contributed by atoms with E-state index < -0.39 is 0 Å². The molecule has 1 aromatic heterocycles. The molecular weight excluding hydrogens is 206 g/mol. The predicted molar refractivity (Wildman–Crippen MR) is 65.4 cm³/mol. The quantitative estimate of drug-likeness (QED) is 0.565. The van der Waals surface area contributed by atoms with Crippen LogP contribution in [-0.2, 0) is 0 Å². The van der Waals surface area contributed by atoms with Gasteiger partial charge in [-0.1, -0.05) is 6.07 Å². The first-order chi connectivity index (χ1) is 7.24. The van der Waals surface area contributed by atoms with E-state index in [4.69, 9.17) is 5.73 Å². The summed E-state index contributed by atoms with van der Waals surface area (Å²) in [4.78, 5) is 0. The van der Waals surface area contributed by atoms with Crippen molar-refractivity contribution in [2.45, 2.75) is 0 Å². The molecule has 0 spiro atoms. The van der Waals surface area contributed by atoms with Gasteiger partial charge >= 0.3 is 0 Å². The standard InChI is InChI=1S/C12H9NOS/c13-7-1-3-9-10-4-2-8(14)6-12(10)15-11(9)5-7/h1-6,14H,13H2. The highest BCUT2D eigenvalue weighted by Gasteiger charge is 2.05.